The predicted molar refractivity (Wildman–Crippen MR) is 76.4 cm³/mol. The van der Waals surface area contributed by atoms with Crippen LogP contribution in [0.3, 0.4) is 0 Å². The van der Waals surface area contributed by atoms with Gasteiger partial charge in [-0.2, -0.15) is 0 Å². The van der Waals surface area contributed by atoms with E-state index in [0.29, 0.717) is 16.2 Å². The molecule has 0 aromatic heterocycles. The van der Waals surface area contributed by atoms with E-state index < -0.39 is 0 Å². The molecule has 0 saturated heterocycles. The summed E-state index contributed by atoms with van der Waals surface area (Å²) in [7, 11) is 0. The summed E-state index contributed by atoms with van der Waals surface area (Å²) in [6, 6.07) is 0. The molecule has 18 heavy (non-hydrogen) atoms. The Bertz CT molecular complexity index is 307. The molecule has 4 rings (SSSR count). The lowest BCUT2D eigenvalue weighted by Gasteiger charge is -2.65. The Hall–Kier alpha value is -0.0800. The maximum absolute atomic E-state index is 5.56. The maximum Gasteiger partial charge on any atom is 0.00745 e. The van der Waals surface area contributed by atoms with Crippen LogP contribution in [0.5, 0.6) is 0 Å². The summed E-state index contributed by atoms with van der Waals surface area (Å²) in [5.74, 6) is 1.03. The van der Waals surface area contributed by atoms with Crippen LogP contribution in [0.4, 0.5) is 0 Å². The second-order valence-corrected chi connectivity index (χ2v) is 8.42. The summed E-state index contributed by atoms with van der Waals surface area (Å²) in [5, 5.41) is 3.51. The number of nitrogens with two attached hydrogens (primary N) is 1. The average Bonchev–Trinajstić information content (AvgIpc) is 2.19. The SMILES string of the molecule is CC12CC3CC(C)(C1)CC(CCNCCN)(C3)C2. The molecule has 104 valence electrons. The standard InChI is InChI=1S/C16H30N2/c1-14-7-13-8-15(2,10-14)12-16(9-13,11-14)3-5-18-6-4-17/h13,18H,3-12,17H2,1-2H3. The highest BCUT2D eigenvalue weighted by atomic mass is 14.9. The monoisotopic (exact) mass is 250 g/mol. The maximum atomic E-state index is 5.56. The van der Waals surface area contributed by atoms with E-state index in [1.54, 1.807) is 0 Å². The van der Waals surface area contributed by atoms with Crippen LogP contribution in [0.15, 0.2) is 0 Å². The van der Waals surface area contributed by atoms with Crippen molar-refractivity contribution in [3.8, 4) is 0 Å². The summed E-state index contributed by atoms with van der Waals surface area (Å²) < 4.78 is 0. The molecule has 2 atom stereocenters. The van der Waals surface area contributed by atoms with Crippen LogP contribution in [0, 0.1) is 22.2 Å². The third-order valence-corrected chi connectivity index (χ3v) is 5.89. The summed E-state index contributed by atoms with van der Waals surface area (Å²) in [6.07, 6.45) is 10.4. The Labute approximate surface area is 112 Å². The Morgan fingerprint density at radius 1 is 1.00 bits per heavy atom. The molecule has 2 unspecified atom stereocenters. The zero-order valence-corrected chi connectivity index (χ0v) is 12.2. The first-order chi connectivity index (χ1) is 8.47. The van der Waals surface area contributed by atoms with Crippen molar-refractivity contribution in [3.63, 3.8) is 0 Å². The van der Waals surface area contributed by atoms with Gasteiger partial charge in [-0.1, -0.05) is 13.8 Å². The summed E-state index contributed by atoms with van der Waals surface area (Å²) >= 11 is 0. The minimum atomic E-state index is 0.669. The Morgan fingerprint density at radius 3 is 2.22 bits per heavy atom. The Balaban J connectivity index is 1.69. The molecule has 2 heteroatoms. The molecule has 4 aliphatic rings. The van der Waals surface area contributed by atoms with E-state index in [1.807, 2.05) is 0 Å². The minimum Gasteiger partial charge on any atom is -0.329 e. The van der Waals surface area contributed by atoms with E-state index in [2.05, 4.69) is 19.2 Å². The van der Waals surface area contributed by atoms with Crippen molar-refractivity contribution >= 4 is 0 Å². The van der Waals surface area contributed by atoms with Gasteiger partial charge in [-0.05, 0) is 73.7 Å². The van der Waals surface area contributed by atoms with Crippen molar-refractivity contribution in [3.05, 3.63) is 0 Å². The van der Waals surface area contributed by atoms with Gasteiger partial charge in [0.1, 0.15) is 0 Å². The van der Waals surface area contributed by atoms with Crippen LogP contribution in [0.2, 0.25) is 0 Å². The van der Waals surface area contributed by atoms with E-state index in [4.69, 9.17) is 5.73 Å². The lowest BCUT2D eigenvalue weighted by Crippen LogP contribution is -2.55. The van der Waals surface area contributed by atoms with Crippen LogP contribution >= 0.6 is 0 Å². The first kappa shape index (κ1) is 12.9. The molecule has 0 radical (unpaired) electrons. The van der Waals surface area contributed by atoms with Gasteiger partial charge in [-0.15, -0.1) is 0 Å². The molecule has 0 heterocycles. The van der Waals surface area contributed by atoms with Crippen molar-refractivity contribution < 1.29 is 0 Å². The average molecular weight is 250 g/mol. The molecule has 3 N–H and O–H groups in total. The zero-order chi connectivity index (χ0) is 12.9. The van der Waals surface area contributed by atoms with Gasteiger partial charge in [0.2, 0.25) is 0 Å². The molecule has 0 aliphatic heterocycles. The van der Waals surface area contributed by atoms with Gasteiger partial charge < -0.3 is 11.1 Å². The lowest BCUT2D eigenvalue weighted by atomic mass is 9.40. The minimum absolute atomic E-state index is 0.669. The third-order valence-electron chi connectivity index (χ3n) is 5.89. The van der Waals surface area contributed by atoms with Gasteiger partial charge in [0, 0.05) is 13.1 Å². The highest BCUT2D eigenvalue weighted by molar-refractivity contribution is 5.10. The third kappa shape index (κ3) is 2.22. The Kier molecular flexibility index (Phi) is 3.02. The van der Waals surface area contributed by atoms with E-state index in [-0.39, 0.29) is 0 Å². The second-order valence-electron chi connectivity index (χ2n) is 8.42. The van der Waals surface area contributed by atoms with Gasteiger partial charge in [0.15, 0.2) is 0 Å². The molecule has 2 nitrogen and oxygen atoms in total. The largest absolute Gasteiger partial charge is 0.329 e. The van der Waals surface area contributed by atoms with E-state index >= 15 is 0 Å². The molecule has 4 bridgehead atoms. The molecule has 4 fully saturated rings. The first-order valence-electron chi connectivity index (χ1n) is 7.88. The highest BCUT2D eigenvalue weighted by Gasteiger charge is 2.59. The van der Waals surface area contributed by atoms with Crippen LogP contribution < -0.4 is 11.1 Å². The van der Waals surface area contributed by atoms with Crippen LogP contribution in [0.25, 0.3) is 0 Å². The molecular formula is C16H30N2. The summed E-state index contributed by atoms with van der Waals surface area (Å²) in [6.45, 7) is 8.06. The van der Waals surface area contributed by atoms with Gasteiger partial charge in [0.05, 0.1) is 0 Å². The number of rotatable bonds is 5. The van der Waals surface area contributed by atoms with Crippen LogP contribution in [0.1, 0.15) is 58.8 Å². The predicted octanol–water partition coefficient (Wildman–Crippen LogP) is 2.92. The van der Waals surface area contributed by atoms with Crippen molar-refractivity contribution in [1.82, 2.24) is 5.32 Å². The van der Waals surface area contributed by atoms with Crippen molar-refractivity contribution in [1.29, 1.82) is 0 Å². The van der Waals surface area contributed by atoms with Crippen LogP contribution in [-0.4, -0.2) is 19.6 Å². The lowest BCUT2D eigenvalue weighted by molar-refractivity contribution is -0.147. The van der Waals surface area contributed by atoms with E-state index in [9.17, 15) is 0 Å². The van der Waals surface area contributed by atoms with Crippen molar-refractivity contribution in [2.24, 2.45) is 27.9 Å². The number of hydrogen-bond donors (Lipinski definition) is 2. The highest BCUT2D eigenvalue weighted by Crippen LogP contribution is 2.70. The number of hydrogen-bond acceptors (Lipinski definition) is 2. The van der Waals surface area contributed by atoms with Crippen molar-refractivity contribution in [2.75, 3.05) is 19.6 Å². The molecule has 4 saturated carbocycles. The topological polar surface area (TPSA) is 38.0 Å². The molecule has 0 aromatic carbocycles. The van der Waals surface area contributed by atoms with Crippen molar-refractivity contribution in [2.45, 2.75) is 58.8 Å². The number of nitrogens with one attached hydrogen (secondary N) is 1. The quantitative estimate of drug-likeness (QED) is 0.736. The fourth-order valence-corrected chi connectivity index (χ4v) is 6.54. The van der Waals surface area contributed by atoms with E-state index in [0.717, 1.165) is 19.0 Å². The molecular weight excluding hydrogens is 220 g/mol. The summed E-state index contributed by atoms with van der Waals surface area (Å²) in [5.41, 5.74) is 7.56. The normalized spacial score (nSPS) is 49.8. The Morgan fingerprint density at radius 2 is 1.67 bits per heavy atom. The second kappa shape index (κ2) is 4.21. The fourth-order valence-electron chi connectivity index (χ4n) is 6.54. The zero-order valence-electron chi connectivity index (χ0n) is 12.2. The molecule has 0 spiro atoms. The molecule has 4 aliphatic carbocycles. The van der Waals surface area contributed by atoms with Crippen LogP contribution in [-0.2, 0) is 0 Å². The van der Waals surface area contributed by atoms with E-state index in [1.165, 1.54) is 51.5 Å². The van der Waals surface area contributed by atoms with Gasteiger partial charge in [-0.3, -0.25) is 0 Å². The first-order valence-corrected chi connectivity index (χ1v) is 7.88. The van der Waals surface area contributed by atoms with Gasteiger partial charge >= 0.3 is 0 Å². The molecule has 0 amide bonds. The summed E-state index contributed by atoms with van der Waals surface area (Å²) in [4.78, 5) is 0. The molecule has 0 aromatic rings. The fraction of sp³-hybridized carbons (Fsp3) is 1.00. The van der Waals surface area contributed by atoms with Gasteiger partial charge in [-0.25, -0.2) is 0 Å². The van der Waals surface area contributed by atoms with Gasteiger partial charge in [0.25, 0.3) is 0 Å². The smallest absolute Gasteiger partial charge is 0.00745 e.